The molecule has 2 rings (SSSR count). The van der Waals surface area contributed by atoms with E-state index >= 15 is 0 Å². The number of carboxylic acids is 1. The Kier molecular flexibility index (Phi) is 1.94. The number of hydrogen-bond acceptors (Lipinski definition) is 4. The molecule has 0 amide bonds. The van der Waals surface area contributed by atoms with Crippen LogP contribution in [0.5, 0.6) is 5.95 Å². The Balaban J connectivity index is 2.00. The predicted octanol–water partition coefficient (Wildman–Crippen LogP) is 0.755. The van der Waals surface area contributed by atoms with Gasteiger partial charge in [0, 0.05) is 6.07 Å². The first-order valence-electron chi connectivity index (χ1n) is 3.83. The molecule has 0 unspecified atom stereocenters. The van der Waals surface area contributed by atoms with Crippen LogP contribution in [-0.2, 0) is 4.74 Å². The summed E-state index contributed by atoms with van der Waals surface area (Å²) in [6, 6.07) is 2.85. The molecule has 5 nitrogen and oxygen atoms in total. The summed E-state index contributed by atoms with van der Waals surface area (Å²) in [7, 11) is 0. The van der Waals surface area contributed by atoms with E-state index in [1.54, 1.807) is 0 Å². The normalized spacial score (nSPS) is 16.6. The monoisotopic (exact) mass is 184 g/mol. The number of hydrogen-bond donors (Lipinski definition) is 1. The summed E-state index contributed by atoms with van der Waals surface area (Å²) in [5.74, 6) is -0.986. The van der Waals surface area contributed by atoms with E-state index in [9.17, 15) is 4.79 Å². The molecule has 1 fully saturated rings. The zero-order valence-corrected chi connectivity index (χ0v) is 6.73. The van der Waals surface area contributed by atoms with Crippen molar-refractivity contribution in [2.75, 3.05) is 13.2 Å². The predicted molar refractivity (Wildman–Crippen MR) is 40.9 cm³/mol. The van der Waals surface area contributed by atoms with E-state index in [1.807, 2.05) is 0 Å². The van der Waals surface area contributed by atoms with Crippen molar-refractivity contribution in [2.45, 2.75) is 6.10 Å². The number of aromatic carboxylic acids is 1. The average Bonchev–Trinajstić information content (AvgIpc) is 2.44. The number of furan rings is 1. The second kappa shape index (κ2) is 3.10. The molecule has 0 spiro atoms. The third-order valence-electron chi connectivity index (χ3n) is 1.68. The van der Waals surface area contributed by atoms with E-state index in [-0.39, 0.29) is 17.8 Å². The van der Waals surface area contributed by atoms with E-state index in [4.69, 9.17) is 19.0 Å². The Labute approximate surface area is 73.9 Å². The van der Waals surface area contributed by atoms with Crippen molar-refractivity contribution in [1.29, 1.82) is 0 Å². The zero-order valence-electron chi connectivity index (χ0n) is 6.73. The van der Waals surface area contributed by atoms with Crippen LogP contribution in [0.3, 0.4) is 0 Å². The van der Waals surface area contributed by atoms with Gasteiger partial charge in [-0.1, -0.05) is 0 Å². The number of rotatable bonds is 3. The summed E-state index contributed by atoms with van der Waals surface area (Å²) in [5, 5.41) is 8.53. The molecule has 1 N–H and O–H groups in total. The van der Waals surface area contributed by atoms with Gasteiger partial charge in [0.15, 0.2) is 0 Å². The Morgan fingerprint density at radius 2 is 2.31 bits per heavy atom. The summed E-state index contributed by atoms with van der Waals surface area (Å²) >= 11 is 0. The van der Waals surface area contributed by atoms with E-state index < -0.39 is 5.97 Å². The molecule has 1 aliphatic rings. The van der Waals surface area contributed by atoms with Gasteiger partial charge in [0.25, 0.3) is 5.95 Å². The summed E-state index contributed by atoms with van der Waals surface area (Å²) < 4.78 is 15.0. The molecular weight excluding hydrogens is 176 g/mol. The first-order valence-corrected chi connectivity index (χ1v) is 3.83. The molecule has 5 heteroatoms. The maximum atomic E-state index is 10.4. The molecule has 0 saturated carbocycles. The van der Waals surface area contributed by atoms with Gasteiger partial charge >= 0.3 is 5.97 Å². The van der Waals surface area contributed by atoms with Crippen molar-refractivity contribution in [3.8, 4) is 5.95 Å². The van der Waals surface area contributed by atoms with Gasteiger partial charge in [-0.05, 0) is 6.07 Å². The molecule has 1 saturated heterocycles. The van der Waals surface area contributed by atoms with Crippen LogP contribution in [0.2, 0.25) is 0 Å². The lowest BCUT2D eigenvalue weighted by Crippen LogP contribution is -2.38. The topological polar surface area (TPSA) is 68.9 Å². The van der Waals surface area contributed by atoms with Crippen molar-refractivity contribution >= 4 is 5.97 Å². The standard InChI is InChI=1S/C8H8O5/c9-8(10)6-1-2-7(13-6)12-5-3-11-4-5/h1-2,5H,3-4H2,(H,9,10). The van der Waals surface area contributed by atoms with Gasteiger partial charge in [-0.3, -0.25) is 0 Å². The SMILES string of the molecule is O=C(O)c1ccc(OC2COC2)o1. The fourth-order valence-electron chi connectivity index (χ4n) is 0.945. The second-order valence-electron chi connectivity index (χ2n) is 2.70. The van der Waals surface area contributed by atoms with Crippen LogP contribution in [0.4, 0.5) is 0 Å². The van der Waals surface area contributed by atoms with E-state index in [0.29, 0.717) is 13.2 Å². The van der Waals surface area contributed by atoms with Crippen LogP contribution in [0, 0.1) is 0 Å². The average molecular weight is 184 g/mol. The van der Waals surface area contributed by atoms with Crippen LogP contribution in [0.1, 0.15) is 10.6 Å². The molecule has 0 radical (unpaired) electrons. The summed E-state index contributed by atoms with van der Waals surface area (Å²) in [5.41, 5.74) is 0. The smallest absolute Gasteiger partial charge is 0.371 e. The third kappa shape index (κ3) is 1.65. The van der Waals surface area contributed by atoms with Crippen LogP contribution in [0.15, 0.2) is 16.5 Å². The molecule has 0 aromatic carbocycles. The Bertz CT molecular complexity index is 312. The second-order valence-corrected chi connectivity index (χ2v) is 2.70. The molecule has 0 aliphatic carbocycles. The maximum Gasteiger partial charge on any atom is 0.371 e. The molecule has 0 bridgehead atoms. The Hall–Kier alpha value is -1.49. The lowest BCUT2D eigenvalue weighted by Gasteiger charge is -2.25. The van der Waals surface area contributed by atoms with Gasteiger partial charge in [-0.2, -0.15) is 0 Å². The lowest BCUT2D eigenvalue weighted by atomic mass is 10.3. The maximum absolute atomic E-state index is 10.4. The van der Waals surface area contributed by atoms with Gasteiger partial charge in [-0.25, -0.2) is 4.79 Å². The minimum absolute atomic E-state index is 0.00667. The molecule has 1 aliphatic heterocycles. The molecule has 0 atom stereocenters. The first-order chi connectivity index (χ1) is 6.25. The fraction of sp³-hybridized carbons (Fsp3) is 0.375. The molecule has 1 aromatic heterocycles. The van der Waals surface area contributed by atoms with Crippen molar-refractivity contribution in [2.24, 2.45) is 0 Å². The van der Waals surface area contributed by atoms with E-state index in [1.165, 1.54) is 12.1 Å². The highest BCUT2D eigenvalue weighted by molar-refractivity contribution is 5.84. The highest BCUT2D eigenvalue weighted by Crippen LogP contribution is 2.19. The number of carbonyl (C=O) groups is 1. The van der Waals surface area contributed by atoms with Gasteiger partial charge in [0.2, 0.25) is 5.76 Å². The van der Waals surface area contributed by atoms with Gasteiger partial charge in [0.05, 0.1) is 13.2 Å². The van der Waals surface area contributed by atoms with Crippen LogP contribution >= 0.6 is 0 Å². The Morgan fingerprint density at radius 1 is 1.54 bits per heavy atom. The van der Waals surface area contributed by atoms with Crippen LogP contribution in [-0.4, -0.2) is 30.4 Å². The van der Waals surface area contributed by atoms with Crippen molar-refractivity contribution < 1.29 is 23.8 Å². The highest BCUT2D eigenvalue weighted by atomic mass is 16.6. The van der Waals surface area contributed by atoms with E-state index in [0.717, 1.165) is 0 Å². The molecule has 2 heterocycles. The number of carboxylic acid groups (broad SMARTS) is 1. The largest absolute Gasteiger partial charge is 0.475 e. The minimum atomic E-state index is -1.10. The first kappa shape index (κ1) is 8.12. The number of ether oxygens (including phenoxy) is 2. The highest BCUT2D eigenvalue weighted by Gasteiger charge is 2.22. The third-order valence-corrected chi connectivity index (χ3v) is 1.68. The van der Waals surface area contributed by atoms with Crippen LogP contribution < -0.4 is 4.74 Å². The Morgan fingerprint density at radius 3 is 2.77 bits per heavy atom. The zero-order chi connectivity index (χ0) is 9.26. The van der Waals surface area contributed by atoms with Crippen molar-refractivity contribution in [3.63, 3.8) is 0 Å². The fourth-order valence-corrected chi connectivity index (χ4v) is 0.945. The summed E-state index contributed by atoms with van der Waals surface area (Å²) in [4.78, 5) is 10.4. The quantitative estimate of drug-likeness (QED) is 0.750. The van der Waals surface area contributed by atoms with Gasteiger partial charge in [-0.15, -0.1) is 0 Å². The summed E-state index contributed by atoms with van der Waals surface area (Å²) in [6.07, 6.45) is -0.00667. The van der Waals surface area contributed by atoms with Crippen molar-refractivity contribution in [3.05, 3.63) is 17.9 Å². The van der Waals surface area contributed by atoms with Crippen molar-refractivity contribution in [1.82, 2.24) is 0 Å². The van der Waals surface area contributed by atoms with Crippen LogP contribution in [0.25, 0.3) is 0 Å². The van der Waals surface area contributed by atoms with Gasteiger partial charge in [0.1, 0.15) is 6.10 Å². The minimum Gasteiger partial charge on any atom is -0.475 e. The van der Waals surface area contributed by atoms with Gasteiger partial charge < -0.3 is 19.0 Å². The molecule has 70 valence electrons. The lowest BCUT2D eigenvalue weighted by molar-refractivity contribution is -0.0875. The summed E-state index contributed by atoms with van der Waals surface area (Å²) in [6.45, 7) is 1.06. The van der Waals surface area contributed by atoms with E-state index in [2.05, 4.69) is 0 Å². The molecule has 13 heavy (non-hydrogen) atoms. The molecular formula is C8H8O5. The molecule has 1 aromatic rings.